The molecule has 2 heterocycles. The molecule has 1 aliphatic rings. The fourth-order valence-electron chi connectivity index (χ4n) is 3.17. The van der Waals surface area contributed by atoms with Gasteiger partial charge >= 0.3 is 0 Å². The first-order valence-electron chi connectivity index (χ1n) is 8.03. The van der Waals surface area contributed by atoms with E-state index < -0.39 is 11.2 Å². The lowest BCUT2D eigenvalue weighted by Gasteiger charge is -2.37. The maximum absolute atomic E-state index is 13.6. The second-order valence-corrected chi connectivity index (χ2v) is 7.40. The molecule has 1 fully saturated rings. The molecule has 1 saturated carbocycles. The Kier molecular flexibility index (Phi) is 4.12. The van der Waals surface area contributed by atoms with Gasteiger partial charge in [-0.05, 0) is 25.1 Å². The average Bonchev–Trinajstić information content (AvgIpc) is 2.55. The highest BCUT2D eigenvalue weighted by molar-refractivity contribution is 6.39. The van der Waals surface area contributed by atoms with Crippen LogP contribution in [0.5, 0.6) is 5.88 Å². The third-order valence-electron chi connectivity index (χ3n) is 4.40. The van der Waals surface area contributed by atoms with E-state index in [1.54, 1.807) is 37.3 Å². The molecular weight excluding hydrogens is 380 g/mol. The maximum atomic E-state index is 13.6. The Morgan fingerprint density at radius 2 is 1.88 bits per heavy atom. The fraction of sp³-hybridized carbons (Fsp3) is 0.278. The van der Waals surface area contributed by atoms with E-state index in [4.69, 9.17) is 27.9 Å². The Labute approximate surface area is 158 Å². The van der Waals surface area contributed by atoms with Crippen molar-refractivity contribution in [1.82, 2.24) is 14.6 Å². The molecule has 26 heavy (non-hydrogen) atoms. The highest BCUT2D eigenvalue weighted by Gasteiger charge is 2.42. The van der Waals surface area contributed by atoms with Crippen molar-refractivity contribution in [1.29, 1.82) is 0 Å². The Morgan fingerprint density at radius 1 is 1.19 bits per heavy atom. The summed E-state index contributed by atoms with van der Waals surface area (Å²) in [5, 5.41) is 5.01. The molecule has 3 aromatic rings. The lowest BCUT2D eigenvalue weighted by Crippen LogP contribution is -2.44. The minimum absolute atomic E-state index is 0.209. The molecule has 0 N–H and O–H groups in total. The first kappa shape index (κ1) is 17.2. The molecule has 5 nitrogen and oxygen atoms in total. The molecule has 4 rings (SSSR count). The van der Waals surface area contributed by atoms with Crippen molar-refractivity contribution in [3.05, 3.63) is 57.1 Å². The summed E-state index contributed by atoms with van der Waals surface area (Å²) in [5.41, 5.74) is -0.461. The minimum atomic E-state index is -1.18. The van der Waals surface area contributed by atoms with Gasteiger partial charge in [-0.1, -0.05) is 29.3 Å². The van der Waals surface area contributed by atoms with Gasteiger partial charge in [0.25, 0.3) is 5.56 Å². The van der Waals surface area contributed by atoms with Crippen molar-refractivity contribution in [3.8, 4) is 17.0 Å². The van der Waals surface area contributed by atoms with E-state index in [1.165, 1.54) is 10.8 Å². The van der Waals surface area contributed by atoms with Crippen LogP contribution in [0.1, 0.15) is 19.8 Å². The van der Waals surface area contributed by atoms with Crippen molar-refractivity contribution in [2.75, 3.05) is 0 Å². The number of benzene rings is 1. The first-order valence-corrected chi connectivity index (χ1v) is 8.78. The molecule has 1 aromatic carbocycles. The van der Waals surface area contributed by atoms with E-state index in [-0.39, 0.29) is 11.7 Å². The van der Waals surface area contributed by atoms with Crippen LogP contribution in [0.25, 0.3) is 16.6 Å². The average molecular weight is 394 g/mol. The number of ether oxygens (including phenoxy) is 1. The second kappa shape index (κ2) is 6.21. The summed E-state index contributed by atoms with van der Waals surface area (Å²) in [6.07, 6.45) is 1.75. The Bertz CT molecular complexity index is 1040. The number of hydrogen-bond acceptors (Lipinski definition) is 4. The third-order valence-corrected chi connectivity index (χ3v) is 5.03. The van der Waals surface area contributed by atoms with Crippen molar-refractivity contribution >= 4 is 28.7 Å². The fourth-order valence-corrected chi connectivity index (χ4v) is 3.75. The predicted molar refractivity (Wildman–Crippen MR) is 97.9 cm³/mol. The molecular formula is C18H14Cl2FN3O2. The number of halogens is 3. The highest BCUT2D eigenvalue weighted by atomic mass is 35.5. The van der Waals surface area contributed by atoms with E-state index in [9.17, 15) is 9.18 Å². The number of rotatable bonds is 3. The van der Waals surface area contributed by atoms with Crippen LogP contribution in [-0.4, -0.2) is 26.4 Å². The van der Waals surface area contributed by atoms with Gasteiger partial charge in [0, 0.05) is 24.5 Å². The molecule has 2 aromatic heterocycles. The van der Waals surface area contributed by atoms with Crippen molar-refractivity contribution < 1.29 is 9.13 Å². The van der Waals surface area contributed by atoms with E-state index >= 15 is 0 Å². The van der Waals surface area contributed by atoms with Crippen LogP contribution in [0, 0.1) is 0 Å². The standard InChI is InChI=1S/C18H14Cl2FN3O2/c1-18(21)7-10(8-18)26-14-6-5-13-16(17(25)22-9-24(13)23-14)15-11(19)3-2-4-12(15)20/h2-6,9-10H,7-8H2,1H3. The van der Waals surface area contributed by atoms with Crippen molar-refractivity contribution in [3.63, 3.8) is 0 Å². The maximum Gasteiger partial charge on any atom is 0.281 e. The summed E-state index contributed by atoms with van der Waals surface area (Å²) >= 11 is 12.5. The number of alkyl halides is 1. The van der Waals surface area contributed by atoms with Gasteiger partial charge in [0.05, 0.1) is 21.1 Å². The van der Waals surface area contributed by atoms with Gasteiger partial charge in [0.2, 0.25) is 5.88 Å². The van der Waals surface area contributed by atoms with Crippen LogP contribution in [0.2, 0.25) is 10.0 Å². The summed E-state index contributed by atoms with van der Waals surface area (Å²) < 4.78 is 20.7. The third kappa shape index (κ3) is 3.04. The Balaban J connectivity index is 1.78. The monoisotopic (exact) mass is 393 g/mol. The van der Waals surface area contributed by atoms with E-state index in [1.807, 2.05) is 0 Å². The molecule has 0 aliphatic heterocycles. The molecule has 0 radical (unpaired) electrons. The number of fused-ring (bicyclic) bond motifs is 1. The lowest BCUT2D eigenvalue weighted by molar-refractivity contribution is -0.0316. The molecule has 134 valence electrons. The number of hydrogen-bond donors (Lipinski definition) is 0. The molecule has 8 heteroatoms. The zero-order valence-electron chi connectivity index (χ0n) is 13.7. The van der Waals surface area contributed by atoms with Crippen molar-refractivity contribution in [2.24, 2.45) is 0 Å². The van der Waals surface area contributed by atoms with Crippen LogP contribution >= 0.6 is 23.2 Å². The summed E-state index contributed by atoms with van der Waals surface area (Å²) in [4.78, 5) is 16.2. The number of nitrogens with zero attached hydrogens (tertiary/aromatic N) is 3. The van der Waals surface area contributed by atoms with Gasteiger partial charge in [-0.2, -0.15) is 4.98 Å². The van der Waals surface area contributed by atoms with Crippen LogP contribution < -0.4 is 10.3 Å². The quantitative estimate of drug-likeness (QED) is 0.664. The van der Waals surface area contributed by atoms with E-state index in [0.717, 1.165) is 0 Å². The van der Waals surface area contributed by atoms with Gasteiger partial charge < -0.3 is 4.74 Å². The van der Waals surface area contributed by atoms with Crippen LogP contribution in [0.4, 0.5) is 4.39 Å². The summed E-state index contributed by atoms with van der Waals surface area (Å²) in [5.74, 6) is 0.333. The molecule has 0 atom stereocenters. The Hall–Kier alpha value is -2.18. The molecule has 0 spiro atoms. The van der Waals surface area contributed by atoms with Crippen LogP contribution in [-0.2, 0) is 0 Å². The Morgan fingerprint density at radius 3 is 2.54 bits per heavy atom. The molecule has 0 bridgehead atoms. The topological polar surface area (TPSA) is 56.5 Å². The van der Waals surface area contributed by atoms with Gasteiger partial charge in [0.1, 0.15) is 18.1 Å². The SMILES string of the molecule is CC1(F)CC(Oc2ccc3c(-c4c(Cl)cccc4Cl)c(=O)ncn3n2)C1. The van der Waals surface area contributed by atoms with Gasteiger partial charge in [0.15, 0.2) is 0 Å². The smallest absolute Gasteiger partial charge is 0.281 e. The van der Waals surface area contributed by atoms with Gasteiger partial charge in [-0.3, -0.25) is 4.79 Å². The highest BCUT2D eigenvalue weighted by Crippen LogP contribution is 2.38. The van der Waals surface area contributed by atoms with Crippen molar-refractivity contribution in [2.45, 2.75) is 31.5 Å². The summed E-state index contributed by atoms with van der Waals surface area (Å²) in [7, 11) is 0. The van der Waals surface area contributed by atoms with Crippen LogP contribution in [0.3, 0.4) is 0 Å². The lowest BCUT2D eigenvalue weighted by atomic mass is 9.81. The molecule has 0 unspecified atom stereocenters. The minimum Gasteiger partial charge on any atom is -0.473 e. The summed E-state index contributed by atoms with van der Waals surface area (Å²) in [6.45, 7) is 1.55. The molecule has 0 saturated heterocycles. The van der Waals surface area contributed by atoms with E-state index in [0.29, 0.717) is 39.8 Å². The molecule has 0 amide bonds. The number of aromatic nitrogens is 3. The first-order chi connectivity index (χ1) is 12.3. The largest absolute Gasteiger partial charge is 0.473 e. The molecule has 1 aliphatic carbocycles. The van der Waals surface area contributed by atoms with Gasteiger partial charge in [-0.15, -0.1) is 5.10 Å². The second-order valence-electron chi connectivity index (χ2n) is 6.58. The van der Waals surface area contributed by atoms with E-state index in [2.05, 4.69) is 10.1 Å². The predicted octanol–water partition coefficient (Wildman–Crippen LogP) is 4.33. The zero-order valence-corrected chi connectivity index (χ0v) is 15.3. The normalized spacial score (nSPS) is 22.2. The zero-order chi connectivity index (χ0) is 18.5. The van der Waals surface area contributed by atoms with Gasteiger partial charge in [-0.25, -0.2) is 8.91 Å². The van der Waals surface area contributed by atoms with Crippen LogP contribution in [0.15, 0.2) is 41.5 Å². The summed E-state index contributed by atoms with van der Waals surface area (Å²) in [6, 6.07) is 8.33.